The molecule has 0 amide bonds. The third kappa shape index (κ3) is 5.28. The number of rotatable bonds is 6. The Morgan fingerprint density at radius 3 is 2.62 bits per heavy atom. The van der Waals surface area contributed by atoms with E-state index in [1.165, 1.54) is 37.7 Å². The van der Waals surface area contributed by atoms with Crippen LogP contribution >= 0.6 is 11.6 Å². The van der Waals surface area contributed by atoms with Gasteiger partial charge in [0.1, 0.15) is 0 Å². The summed E-state index contributed by atoms with van der Waals surface area (Å²) in [6, 6.07) is 8.53. The van der Waals surface area contributed by atoms with Gasteiger partial charge in [0.15, 0.2) is 0 Å². The van der Waals surface area contributed by atoms with Crippen LogP contribution in [-0.2, 0) is 6.54 Å². The van der Waals surface area contributed by atoms with Gasteiger partial charge in [0.2, 0.25) is 0 Å². The van der Waals surface area contributed by atoms with E-state index in [1.54, 1.807) is 0 Å². The molecule has 2 N–H and O–H groups in total. The number of nitrogens with zero attached hydrogens (tertiary/aromatic N) is 1. The van der Waals surface area contributed by atoms with Crippen LogP contribution in [0.25, 0.3) is 0 Å². The van der Waals surface area contributed by atoms with Crippen LogP contribution in [-0.4, -0.2) is 24.5 Å². The van der Waals surface area contributed by atoms with Crippen molar-refractivity contribution in [3.05, 3.63) is 34.9 Å². The smallest absolute Gasteiger partial charge is 0.0406 e. The van der Waals surface area contributed by atoms with Crippen molar-refractivity contribution in [3.8, 4) is 0 Å². The highest BCUT2D eigenvalue weighted by Crippen LogP contribution is 2.31. The molecule has 0 aromatic heterocycles. The van der Waals surface area contributed by atoms with Crippen molar-refractivity contribution in [3.63, 3.8) is 0 Å². The zero-order valence-electron chi connectivity index (χ0n) is 13.4. The average molecular weight is 309 g/mol. The van der Waals surface area contributed by atoms with Crippen LogP contribution in [0.4, 0.5) is 0 Å². The molecule has 1 aromatic carbocycles. The zero-order valence-corrected chi connectivity index (χ0v) is 14.1. The van der Waals surface area contributed by atoms with Gasteiger partial charge in [-0.05, 0) is 55.8 Å². The van der Waals surface area contributed by atoms with Crippen LogP contribution in [0.1, 0.15) is 44.6 Å². The first-order valence-electron chi connectivity index (χ1n) is 8.27. The van der Waals surface area contributed by atoms with Crippen molar-refractivity contribution >= 4 is 11.6 Å². The van der Waals surface area contributed by atoms with Crippen molar-refractivity contribution < 1.29 is 0 Å². The van der Waals surface area contributed by atoms with E-state index in [9.17, 15) is 0 Å². The molecule has 1 saturated carbocycles. The van der Waals surface area contributed by atoms with Crippen molar-refractivity contribution in [1.82, 2.24) is 4.90 Å². The molecular formula is C18H29ClN2. The van der Waals surface area contributed by atoms with Gasteiger partial charge in [-0.2, -0.15) is 0 Å². The summed E-state index contributed by atoms with van der Waals surface area (Å²) in [6.07, 6.45) is 6.49. The van der Waals surface area contributed by atoms with E-state index >= 15 is 0 Å². The topological polar surface area (TPSA) is 29.3 Å². The van der Waals surface area contributed by atoms with Crippen LogP contribution < -0.4 is 5.73 Å². The molecular weight excluding hydrogens is 280 g/mol. The van der Waals surface area contributed by atoms with E-state index in [0.717, 1.165) is 24.0 Å². The second-order valence-electron chi connectivity index (χ2n) is 6.71. The fourth-order valence-electron chi connectivity index (χ4n) is 3.63. The van der Waals surface area contributed by atoms with E-state index < -0.39 is 0 Å². The van der Waals surface area contributed by atoms with Crippen molar-refractivity contribution in [2.24, 2.45) is 17.6 Å². The molecule has 3 atom stereocenters. The summed E-state index contributed by atoms with van der Waals surface area (Å²) in [6.45, 7) is 4.36. The molecule has 1 fully saturated rings. The summed E-state index contributed by atoms with van der Waals surface area (Å²) in [5.41, 5.74) is 7.67. The molecule has 3 unspecified atom stereocenters. The highest BCUT2D eigenvalue weighted by atomic mass is 35.5. The lowest BCUT2D eigenvalue weighted by Crippen LogP contribution is -2.42. The molecule has 0 radical (unpaired) electrons. The summed E-state index contributed by atoms with van der Waals surface area (Å²) < 4.78 is 0. The predicted octanol–water partition coefficient (Wildman–Crippen LogP) is 4.32. The molecule has 2 rings (SSSR count). The Kier molecular flexibility index (Phi) is 6.53. The Balaban J connectivity index is 1.85. The van der Waals surface area contributed by atoms with Gasteiger partial charge in [0, 0.05) is 24.2 Å². The molecule has 1 aromatic rings. The predicted molar refractivity (Wildman–Crippen MR) is 91.5 cm³/mol. The Labute approximate surface area is 134 Å². The molecule has 2 nitrogen and oxygen atoms in total. The number of nitrogens with two attached hydrogens (primary N) is 1. The van der Waals surface area contributed by atoms with Gasteiger partial charge in [-0.15, -0.1) is 0 Å². The molecule has 21 heavy (non-hydrogen) atoms. The third-order valence-corrected chi connectivity index (χ3v) is 5.01. The van der Waals surface area contributed by atoms with Crippen LogP contribution in [0.2, 0.25) is 5.02 Å². The van der Waals surface area contributed by atoms with Crippen LogP contribution in [0.5, 0.6) is 0 Å². The van der Waals surface area contributed by atoms with E-state index in [4.69, 9.17) is 17.3 Å². The van der Waals surface area contributed by atoms with Gasteiger partial charge < -0.3 is 10.6 Å². The first-order chi connectivity index (χ1) is 10.1. The maximum absolute atomic E-state index is 6.35. The lowest BCUT2D eigenvalue weighted by molar-refractivity contribution is 0.165. The minimum absolute atomic E-state index is 0.380. The average Bonchev–Trinajstić information content (AvgIpc) is 2.45. The monoisotopic (exact) mass is 308 g/mol. The quantitative estimate of drug-likeness (QED) is 0.848. The van der Waals surface area contributed by atoms with Gasteiger partial charge in [0.25, 0.3) is 0 Å². The second-order valence-corrected chi connectivity index (χ2v) is 7.15. The first kappa shape index (κ1) is 16.8. The number of hydrogen-bond donors (Lipinski definition) is 1. The first-order valence-corrected chi connectivity index (χ1v) is 8.64. The number of hydrogen-bond acceptors (Lipinski definition) is 2. The highest BCUT2D eigenvalue weighted by Gasteiger charge is 2.28. The highest BCUT2D eigenvalue weighted by molar-refractivity contribution is 6.30. The Morgan fingerprint density at radius 1 is 1.24 bits per heavy atom. The summed E-state index contributed by atoms with van der Waals surface area (Å²) in [4.78, 5) is 2.40. The minimum Gasteiger partial charge on any atom is -0.327 e. The molecule has 0 aliphatic heterocycles. The molecule has 1 aliphatic carbocycles. The fourth-order valence-corrected chi connectivity index (χ4v) is 3.76. The van der Waals surface area contributed by atoms with Gasteiger partial charge in [0.05, 0.1) is 0 Å². The summed E-state index contributed by atoms with van der Waals surface area (Å²) >= 11 is 5.94. The standard InChI is InChI=1S/C18H29ClN2/c1-3-4-14-7-10-18(20)16(11-14)13-21(2)12-15-5-8-17(19)9-6-15/h5-6,8-9,14,16,18H,3-4,7,10-13,20H2,1-2H3. The van der Waals surface area contributed by atoms with Gasteiger partial charge in [-0.25, -0.2) is 0 Å². The second kappa shape index (κ2) is 8.17. The molecule has 3 heteroatoms. The minimum atomic E-state index is 0.380. The molecule has 0 saturated heterocycles. The SMILES string of the molecule is CCCC1CCC(N)C(CN(C)Cc2ccc(Cl)cc2)C1. The van der Waals surface area contributed by atoms with E-state index in [0.29, 0.717) is 12.0 Å². The zero-order chi connectivity index (χ0) is 15.2. The normalized spacial score (nSPS) is 26.2. The number of benzene rings is 1. The Hall–Kier alpha value is -0.570. The van der Waals surface area contributed by atoms with E-state index in [1.807, 2.05) is 12.1 Å². The van der Waals surface area contributed by atoms with Gasteiger partial charge in [-0.1, -0.05) is 43.5 Å². The third-order valence-electron chi connectivity index (χ3n) is 4.76. The lowest BCUT2D eigenvalue weighted by atomic mass is 9.76. The van der Waals surface area contributed by atoms with E-state index in [-0.39, 0.29) is 0 Å². The van der Waals surface area contributed by atoms with Crippen molar-refractivity contribution in [2.75, 3.05) is 13.6 Å². The maximum atomic E-state index is 6.35. The molecule has 0 heterocycles. The summed E-state index contributed by atoms with van der Waals surface area (Å²) in [7, 11) is 2.20. The summed E-state index contributed by atoms with van der Waals surface area (Å²) in [5.74, 6) is 1.54. The summed E-state index contributed by atoms with van der Waals surface area (Å²) in [5, 5.41) is 0.804. The van der Waals surface area contributed by atoms with Crippen LogP contribution in [0.3, 0.4) is 0 Å². The van der Waals surface area contributed by atoms with Crippen molar-refractivity contribution in [1.29, 1.82) is 0 Å². The maximum Gasteiger partial charge on any atom is 0.0406 e. The number of halogens is 1. The Morgan fingerprint density at radius 2 is 1.95 bits per heavy atom. The molecule has 1 aliphatic rings. The Bertz CT molecular complexity index is 418. The van der Waals surface area contributed by atoms with Gasteiger partial charge >= 0.3 is 0 Å². The van der Waals surface area contributed by atoms with E-state index in [2.05, 4.69) is 31.0 Å². The van der Waals surface area contributed by atoms with Crippen LogP contribution in [0, 0.1) is 11.8 Å². The largest absolute Gasteiger partial charge is 0.327 e. The molecule has 0 spiro atoms. The molecule has 0 bridgehead atoms. The van der Waals surface area contributed by atoms with Gasteiger partial charge in [-0.3, -0.25) is 0 Å². The fraction of sp³-hybridized carbons (Fsp3) is 0.667. The van der Waals surface area contributed by atoms with Crippen molar-refractivity contribution in [2.45, 2.75) is 51.6 Å². The lowest BCUT2D eigenvalue weighted by Gasteiger charge is -2.36. The van der Waals surface area contributed by atoms with Crippen LogP contribution in [0.15, 0.2) is 24.3 Å². The molecule has 118 valence electrons.